The summed E-state index contributed by atoms with van der Waals surface area (Å²) in [4.78, 5) is 50.4. The predicted octanol–water partition coefficient (Wildman–Crippen LogP) is -1.70. The Morgan fingerprint density at radius 2 is 0.864 bits per heavy atom. The molecule has 0 N–H and O–H groups in total. The first-order valence-corrected chi connectivity index (χ1v) is 5.12. The Balaban J connectivity index is 2.23. The molecule has 3 rings (SSSR count). The van der Waals surface area contributed by atoms with Crippen molar-refractivity contribution in [1.82, 2.24) is 4.90 Å². The zero-order valence-corrected chi connectivity index (χ0v) is 9.92. The van der Waals surface area contributed by atoms with E-state index in [2.05, 4.69) is 30.0 Å². The van der Waals surface area contributed by atoms with Crippen molar-refractivity contribution < 1.29 is 14.8 Å². The lowest BCUT2D eigenvalue weighted by molar-refractivity contribution is -0.353. The van der Waals surface area contributed by atoms with E-state index in [1.807, 2.05) is 0 Å². The first-order valence-electron chi connectivity index (χ1n) is 5.12. The molecule has 0 fully saturated rings. The van der Waals surface area contributed by atoms with Crippen LogP contribution in [0.1, 0.15) is 0 Å². The Labute approximate surface area is 117 Å². The summed E-state index contributed by atoms with van der Waals surface area (Å²) >= 11 is 0. The van der Waals surface area contributed by atoms with E-state index in [-0.39, 0.29) is 0 Å². The lowest BCUT2D eigenvalue weighted by atomic mass is 10.5. The quantitative estimate of drug-likeness (QED) is 0.373. The maximum atomic E-state index is 10.7. The summed E-state index contributed by atoms with van der Waals surface area (Å²) in [7, 11) is 0. The molecule has 22 heavy (non-hydrogen) atoms. The van der Waals surface area contributed by atoms with E-state index in [4.69, 9.17) is 0 Å². The molecule has 16 nitrogen and oxygen atoms in total. The molecule has 3 aliphatic heterocycles. The van der Waals surface area contributed by atoms with Crippen LogP contribution in [0.4, 0.5) is 0 Å². The third kappa shape index (κ3) is 1.87. The van der Waals surface area contributed by atoms with Gasteiger partial charge < -0.3 is 30.3 Å². The van der Waals surface area contributed by atoms with Gasteiger partial charge in [0.15, 0.2) is 0 Å². The highest BCUT2D eigenvalue weighted by molar-refractivity contribution is 6.28. The zero-order chi connectivity index (χ0) is 16.0. The van der Waals surface area contributed by atoms with Gasteiger partial charge in [0, 0.05) is 0 Å². The number of nitro groups is 3. The smallest absolute Gasteiger partial charge is 0.390 e. The average molecular weight is 308 g/mol. The fourth-order valence-corrected chi connectivity index (χ4v) is 1.50. The van der Waals surface area contributed by atoms with Crippen LogP contribution < -0.4 is 0 Å². The normalized spacial score (nSPS) is 18.8. The lowest BCUT2D eigenvalue weighted by Crippen LogP contribution is -2.49. The lowest BCUT2D eigenvalue weighted by Gasteiger charge is -2.15. The fourth-order valence-electron chi connectivity index (χ4n) is 1.50. The van der Waals surface area contributed by atoms with Crippen LogP contribution in [0, 0.1) is 30.3 Å². The Bertz CT molecular complexity index is 719. The van der Waals surface area contributed by atoms with Crippen molar-refractivity contribution in [3.8, 4) is 0 Å². The second-order valence-corrected chi connectivity index (χ2v) is 3.58. The molecular weight excluding hydrogens is 308 g/mol. The van der Waals surface area contributed by atoms with Crippen molar-refractivity contribution in [3.63, 3.8) is 0 Å². The van der Waals surface area contributed by atoms with Gasteiger partial charge >= 0.3 is 35.8 Å². The van der Waals surface area contributed by atoms with Crippen LogP contribution >= 0.6 is 0 Å². The zero-order valence-electron chi connectivity index (χ0n) is 9.92. The predicted molar refractivity (Wildman–Crippen MR) is 67.4 cm³/mol. The molecule has 0 radical (unpaired) electrons. The van der Waals surface area contributed by atoms with Gasteiger partial charge in [-0.3, -0.25) is 0 Å². The molecule has 0 spiro atoms. The van der Waals surface area contributed by atoms with Crippen molar-refractivity contribution >= 4 is 35.8 Å². The van der Waals surface area contributed by atoms with Gasteiger partial charge in [0.25, 0.3) is 0 Å². The van der Waals surface area contributed by atoms with E-state index in [0.29, 0.717) is 0 Å². The maximum Gasteiger partial charge on any atom is 0.478 e. The third-order valence-corrected chi connectivity index (χ3v) is 2.29. The standard InChI is InChI=1S/C6N10O6/c17-14(18)4-7-1-8-5(15(19)20)10-3-12-6(16(21)22)11-2(9-4)13(1)3. The first-order chi connectivity index (χ1) is 10.4. The summed E-state index contributed by atoms with van der Waals surface area (Å²) in [6.45, 7) is 0. The summed E-state index contributed by atoms with van der Waals surface area (Å²) in [5.41, 5.74) is 0. The average Bonchev–Trinajstić information content (AvgIpc) is 2.46. The van der Waals surface area contributed by atoms with Crippen molar-refractivity contribution in [2.45, 2.75) is 0 Å². The molecule has 0 bridgehead atoms. The van der Waals surface area contributed by atoms with Crippen LogP contribution in [0.3, 0.4) is 0 Å². The number of nitrogens with zero attached hydrogens (tertiary/aromatic N) is 10. The summed E-state index contributed by atoms with van der Waals surface area (Å²) in [6, 6.07) is 0. The summed E-state index contributed by atoms with van der Waals surface area (Å²) in [6.07, 6.45) is 0. The summed E-state index contributed by atoms with van der Waals surface area (Å²) in [5, 5.41) is 32.2. The van der Waals surface area contributed by atoms with Gasteiger partial charge in [0.1, 0.15) is 0 Å². The van der Waals surface area contributed by atoms with Gasteiger partial charge in [-0.25, -0.2) is 0 Å². The van der Waals surface area contributed by atoms with Crippen molar-refractivity contribution in [1.29, 1.82) is 0 Å². The fraction of sp³-hybridized carbons (Fsp3) is 0. The van der Waals surface area contributed by atoms with Crippen LogP contribution in [0.2, 0.25) is 0 Å². The molecule has 0 aromatic heterocycles. The molecule has 110 valence electrons. The van der Waals surface area contributed by atoms with Crippen LogP contribution in [0.5, 0.6) is 0 Å². The number of rotatable bonds is 0. The molecule has 3 aliphatic rings. The molecule has 0 unspecified atom stereocenters. The monoisotopic (exact) mass is 308 g/mol. The highest BCUT2D eigenvalue weighted by Gasteiger charge is 2.51. The van der Waals surface area contributed by atoms with Crippen LogP contribution in [-0.2, 0) is 0 Å². The molecular formula is C6N10O6. The van der Waals surface area contributed by atoms with E-state index >= 15 is 0 Å². The Morgan fingerprint density at radius 1 is 0.591 bits per heavy atom. The largest absolute Gasteiger partial charge is 0.478 e. The van der Waals surface area contributed by atoms with Crippen LogP contribution in [0.25, 0.3) is 0 Å². The molecule has 0 amide bonds. The molecule has 0 aromatic carbocycles. The van der Waals surface area contributed by atoms with E-state index in [9.17, 15) is 30.3 Å². The van der Waals surface area contributed by atoms with E-state index < -0.39 is 50.5 Å². The van der Waals surface area contributed by atoms with Gasteiger partial charge in [-0.05, 0) is 44.7 Å². The van der Waals surface area contributed by atoms with Crippen LogP contribution in [-0.4, -0.2) is 55.4 Å². The number of aliphatic imine (C=N–C) groups is 6. The minimum atomic E-state index is -1.00. The van der Waals surface area contributed by atoms with Crippen molar-refractivity contribution in [2.24, 2.45) is 30.0 Å². The van der Waals surface area contributed by atoms with Gasteiger partial charge in [-0.2, -0.15) is 0 Å². The molecule has 3 heterocycles. The maximum absolute atomic E-state index is 10.7. The topological polar surface area (TPSA) is 207 Å². The SMILES string of the molecule is O=[N+]([O-])C1=NC2=NC([N+](=O)[O-])=NC3=NC([N+](=O)[O-])=NC(=N1)N23. The van der Waals surface area contributed by atoms with Gasteiger partial charge in [0.2, 0.25) is 0 Å². The molecule has 0 aromatic rings. The minimum Gasteiger partial charge on any atom is -0.390 e. The van der Waals surface area contributed by atoms with Gasteiger partial charge in [-0.1, -0.05) is 0 Å². The third-order valence-electron chi connectivity index (χ3n) is 2.29. The second-order valence-electron chi connectivity index (χ2n) is 3.58. The number of hydrogen-bond acceptors (Lipinski definition) is 13. The molecule has 0 saturated carbocycles. The van der Waals surface area contributed by atoms with E-state index in [1.54, 1.807) is 0 Å². The number of guanidine groups is 6. The summed E-state index contributed by atoms with van der Waals surface area (Å²) < 4.78 is 0. The molecule has 16 heteroatoms. The highest BCUT2D eigenvalue weighted by Crippen LogP contribution is 2.17. The number of hydrogen-bond donors (Lipinski definition) is 0. The second kappa shape index (κ2) is 4.26. The Kier molecular flexibility index (Phi) is 2.52. The highest BCUT2D eigenvalue weighted by atomic mass is 16.6. The van der Waals surface area contributed by atoms with Gasteiger partial charge in [-0.15, -0.1) is 4.90 Å². The molecule has 0 aliphatic carbocycles. The van der Waals surface area contributed by atoms with Crippen molar-refractivity contribution in [3.05, 3.63) is 30.3 Å². The van der Waals surface area contributed by atoms with E-state index in [1.165, 1.54) is 0 Å². The van der Waals surface area contributed by atoms with Gasteiger partial charge in [0.05, 0.1) is 0 Å². The Hall–Kier alpha value is -3.98. The Morgan fingerprint density at radius 3 is 1.09 bits per heavy atom. The molecule has 0 saturated heterocycles. The van der Waals surface area contributed by atoms with Crippen LogP contribution in [0.15, 0.2) is 30.0 Å². The first kappa shape index (κ1) is 13.0. The van der Waals surface area contributed by atoms with Crippen molar-refractivity contribution in [2.75, 3.05) is 0 Å². The van der Waals surface area contributed by atoms with E-state index in [0.717, 1.165) is 4.90 Å². The summed E-state index contributed by atoms with van der Waals surface area (Å²) in [5.74, 6) is -4.57. The minimum absolute atomic E-state index is 0.539. The molecule has 0 atom stereocenters.